The van der Waals surface area contributed by atoms with Crippen LogP contribution in [-0.2, 0) is 13.0 Å². The number of rotatable bonds is 3. The van der Waals surface area contributed by atoms with Gasteiger partial charge in [-0.15, -0.1) is 0 Å². The van der Waals surface area contributed by atoms with Crippen LogP contribution >= 0.6 is 0 Å². The van der Waals surface area contributed by atoms with Gasteiger partial charge in [0.1, 0.15) is 5.82 Å². The van der Waals surface area contributed by atoms with Gasteiger partial charge in [-0.25, -0.2) is 4.39 Å². The predicted octanol–water partition coefficient (Wildman–Crippen LogP) is 3.94. The molecular formula is C20H17FN2O. The zero-order valence-electron chi connectivity index (χ0n) is 13.4. The highest BCUT2D eigenvalue weighted by atomic mass is 19.1. The number of benzene rings is 2. The van der Waals surface area contributed by atoms with E-state index in [0.29, 0.717) is 19.5 Å². The molecule has 0 radical (unpaired) electrons. The molecule has 0 bridgehead atoms. The number of pyridine rings is 1. The van der Waals surface area contributed by atoms with Gasteiger partial charge in [0.15, 0.2) is 0 Å². The number of halogens is 1. The lowest BCUT2D eigenvalue weighted by molar-refractivity contribution is 0.0787. The van der Waals surface area contributed by atoms with Crippen LogP contribution < -0.4 is 0 Å². The predicted molar refractivity (Wildman–Crippen MR) is 91.4 cm³/mol. The molecule has 0 unspecified atom stereocenters. The van der Waals surface area contributed by atoms with Crippen LogP contribution in [0.4, 0.5) is 4.39 Å². The van der Waals surface area contributed by atoms with Crippen LogP contribution in [0.15, 0.2) is 48.7 Å². The van der Waals surface area contributed by atoms with Crippen molar-refractivity contribution in [1.29, 1.82) is 0 Å². The molecule has 0 fully saturated rings. The summed E-state index contributed by atoms with van der Waals surface area (Å²) >= 11 is 0. The van der Waals surface area contributed by atoms with Gasteiger partial charge in [-0.05, 0) is 60.4 Å². The van der Waals surface area contributed by atoms with Crippen LogP contribution in [0.3, 0.4) is 0 Å². The topological polar surface area (TPSA) is 33.2 Å². The first kappa shape index (κ1) is 14.8. The van der Waals surface area contributed by atoms with Gasteiger partial charge in [0.2, 0.25) is 0 Å². The first-order chi connectivity index (χ1) is 11.6. The van der Waals surface area contributed by atoms with Gasteiger partial charge in [0, 0.05) is 30.2 Å². The summed E-state index contributed by atoms with van der Waals surface area (Å²) in [5, 5.41) is 1.04. The maximum absolute atomic E-state index is 13.0. The van der Waals surface area contributed by atoms with E-state index in [9.17, 15) is 9.18 Å². The molecule has 2 aromatic carbocycles. The van der Waals surface area contributed by atoms with E-state index in [1.807, 2.05) is 24.1 Å². The molecule has 0 aliphatic carbocycles. The second-order valence-electron chi connectivity index (χ2n) is 6.17. The monoisotopic (exact) mass is 320 g/mol. The number of carbonyl (C=O) groups excluding carboxylic acids is 1. The Hall–Kier alpha value is -2.75. The second-order valence-corrected chi connectivity index (χ2v) is 6.17. The Bertz CT molecular complexity index is 934. The molecule has 24 heavy (non-hydrogen) atoms. The number of amides is 1. The van der Waals surface area contributed by atoms with Crippen LogP contribution in [0, 0.1) is 5.82 Å². The maximum atomic E-state index is 13.0. The Morgan fingerprint density at radius 1 is 1.12 bits per heavy atom. The summed E-state index contributed by atoms with van der Waals surface area (Å²) in [6.07, 6.45) is 2.54. The average Bonchev–Trinajstić information content (AvgIpc) is 2.90. The van der Waals surface area contributed by atoms with E-state index >= 15 is 0 Å². The van der Waals surface area contributed by atoms with E-state index in [1.54, 1.807) is 12.1 Å². The highest BCUT2D eigenvalue weighted by Crippen LogP contribution is 2.27. The molecule has 1 amide bonds. The number of hydrogen-bond acceptors (Lipinski definition) is 2. The highest BCUT2D eigenvalue weighted by molar-refractivity contribution is 6.01. The summed E-state index contributed by atoms with van der Waals surface area (Å²) in [6.45, 7) is 3.37. The molecule has 2 heterocycles. The molecule has 3 aromatic rings. The van der Waals surface area contributed by atoms with Crippen molar-refractivity contribution in [3.8, 4) is 0 Å². The van der Waals surface area contributed by atoms with Crippen molar-refractivity contribution >= 4 is 16.8 Å². The molecule has 0 atom stereocenters. The third-order valence-electron chi connectivity index (χ3n) is 4.54. The molecule has 4 heteroatoms. The van der Waals surface area contributed by atoms with Gasteiger partial charge in [-0.1, -0.05) is 12.1 Å². The number of hydrogen-bond donors (Lipinski definition) is 0. The highest BCUT2D eigenvalue weighted by Gasteiger charge is 2.26. The standard InChI is InChI=1S/C20H17FN2O/c1-2-23-12-16-9-15-8-14(7-13-3-5-17(21)6-4-13)11-22-19(15)10-18(16)20(23)24/h3-6,8-11H,2,7,12H2,1H3. The summed E-state index contributed by atoms with van der Waals surface area (Å²) in [5.41, 5.74) is 4.79. The first-order valence-corrected chi connectivity index (χ1v) is 8.09. The van der Waals surface area contributed by atoms with Gasteiger partial charge in [0.05, 0.1) is 5.52 Å². The van der Waals surface area contributed by atoms with E-state index < -0.39 is 0 Å². The normalized spacial score (nSPS) is 13.6. The van der Waals surface area contributed by atoms with Gasteiger partial charge in [-0.3, -0.25) is 9.78 Å². The second kappa shape index (κ2) is 5.71. The molecule has 1 aromatic heterocycles. The lowest BCUT2D eigenvalue weighted by atomic mass is 10.0. The van der Waals surface area contributed by atoms with Crippen LogP contribution in [0.2, 0.25) is 0 Å². The maximum Gasteiger partial charge on any atom is 0.254 e. The van der Waals surface area contributed by atoms with Crippen LogP contribution in [0.25, 0.3) is 10.9 Å². The fourth-order valence-electron chi connectivity index (χ4n) is 3.24. The molecule has 0 N–H and O–H groups in total. The summed E-state index contributed by atoms with van der Waals surface area (Å²) in [7, 11) is 0. The van der Waals surface area contributed by atoms with Crippen molar-refractivity contribution in [3.05, 3.63) is 76.7 Å². The molecule has 1 aliphatic heterocycles. The van der Waals surface area contributed by atoms with Crippen LogP contribution in [0.1, 0.15) is 34.0 Å². The summed E-state index contributed by atoms with van der Waals surface area (Å²) < 4.78 is 13.0. The Labute approximate surface area is 139 Å². The summed E-state index contributed by atoms with van der Waals surface area (Å²) in [5.74, 6) is -0.136. The Kier molecular flexibility index (Phi) is 3.53. The quantitative estimate of drug-likeness (QED) is 0.732. The molecule has 3 nitrogen and oxygen atoms in total. The number of nitrogens with zero attached hydrogens (tertiary/aromatic N) is 2. The molecule has 120 valence electrons. The summed E-state index contributed by atoms with van der Waals surface area (Å²) in [6, 6.07) is 12.6. The SMILES string of the molecule is CCN1Cc2cc3cc(Cc4ccc(F)cc4)cnc3cc2C1=O. The zero-order chi connectivity index (χ0) is 16.7. The van der Waals surface area contributed by atoms with Crippen molar-refractivity contribution in [2.24, 2.45) is 0 Å². The minimum absolute atomic E-state index is 0.0894. The molecule has 1 aliphatic rings. The third kappa shape index (κ3) is 2.54. The fourth-order valence-corrected chi connectivity index (χ4v) is 3.24. The van der Waals surface area contributed by atoms with Gasteiger partial charge < -0.3 is 4.90 Å². The van der Waals surface area contributed by atoms with Crippen molar-refractivity contribution in [1.82, 2.24) is 9.88 Å². The van der Waals surface area contributed by atoms with Crippen LogP contribution in [-0.4, -0.2) is 22.3 Å². The van der Waals surface area contributed by atoms with E-state index in [2.05, 4.69) is 17.1 Å². The number of fused-ring (bicyclic) bond motifs is 2. The average molecular weight is 320 g/mol. The molecule has 0 saturated carbocycles. The molecule has 4 rings (SSSR count). The lowest BCUT2D eigenvalue weighted by Gasteiger charge is -2.10. The Morgan fingerprint density at radius 3 is 2.67 bits per heavy atom. The van der Waals surface area contributed by atoms with E-state index in [0.717, 1.165) is 33.2 Å². The fraction of sp³-hybridized carbons (Fsp3) is 0.200. The molecule has 0 saturated heterocycles. The van der Waals surface area contributed by atoms with Crippen molar-refractivity contribution in [2.45, 2.75) is 19.9 Å². The van der Waals surface area contributed by atoms with Gasteiger partial charge in [0.25, 0.3) is 5.91 Å². The van der Waals surface area contributed by atoms with E-state index in [4.69, 9.17) is 0 Å². The third-order valence-corrected chi connectivity index (χ3v) is 4.54. The smallest absolute Gasteiger partial charge is 0.254 e. The number of carbonyl (C=O) groups is 1. The minimum Gasteiger partial charge on any atom is -0.335 e. The number of aromatic nitrogens is 1. The van der Waals surface area contributed by atoms with Gasteiger partial charge in [-0.2, -0.15) is 0 Å². The largest absolute Gasteiger partial charge is 0.335 e. The Morgan fingerprint density at radius 2 is 1.92 bits per heavy atom. The van der Waals surface area contributed by atoms with Crippen molar-refractivity contribution < 1.29 is 9.18 Å². The molecule has 0 spiro atoms. The van der Waals surface area contributed by atoms with Crippen LogP contribution in [0.5, 0.6) is 0 Å². The lowest BCUT2D eigenvalue weighted by Crippen LogP contribution is -2.22. The van der Waals surface area contributed by atoms with E-state index in [1.165, 1.54) is 12.1 Å². The minimum atomic E-state index is -0.226. The summed E-state index contributed by atoms with van der Waals surface area (Å²) in [4.78, 5) is 18.6. The first-order valence-electron chi connectivity index (χ1n) is 8.09. The van der Waals surface area contributed by atoms with E-state index in [-0.39, 0.29) is 11.7 Å². The van der Waals surface area contributed by atoms with Crippen molar-refractivity contribution in [3.63, 3.8) is 0 Å². The molecular weight excluding hydrogens is 303 g/mol. The van der Waals surface area contributed by atoms with Gasteiger partial charge >= 0.3 is 0 Å². The zero-order valence-corrected chi connectivity index (χ0v) is 13.4. The van der Waals surface area contributed by atoms with Crippen molar-refractivity contribution in [2.75, 3.05) is 6.54 Å². The Balaban J connectivity index is 1.69.